The maximum Gasteiger partial charge on any atom is 0.254 e. The number of amides is 1. The summed E-state index contributed by atoms with van der Waals surface area (Å²) in [5.74, 6) is 1.14. The minimum Gasteiger partial charge on any atom is -0.396 e. The van der Waals surface area contributed by atoms with Crippen molar-refractivity contribution in [2.75, 3.05) is 26.4 Å². The Morgan fingerprint density at radius 3 is 2.57 bits per heavy atom. The molecule has 2 aliphatic rings. The van der Waals surface area contributed by atoms with Crippen LogP contribution in [0, 0.1) is 5.41 Å². The van der Waals surface area contributed by atoms with Crippen LogP contribution in [0.15, 0.2) is 12.4 Å². The Bertz CT molecular complexity index is 493. The van der Waals surface area contributed by atoms with E-state index in [2.05, 4.69) is 15.3 Å². The maximum absolute atomic E-state index is 12.1. The van der Waals surface area contributed by atoms with Gasteiger partial charge < -0.3 is 15.2 Å². The number of carbonyl (C=O) groups excluding carboxylic acids is 1. The summed E-state index contributed by atoms with van der Waals surface area (Å²) in [6.45, 7) is 1.79. The van der Waals surface area contributed by atoms with Crippen molar-refractivity contribution in [1.29, 1.82) is 0 Å². The van der Waals surface area contributed by atoms with E-state index in [-0.39, 0.29) is 17.9 Å². The molecule has 1 aliphatic heterocycles. The number of aliphatic hydroxyl groups is 1. The molecular formula is C15H21N3O3. The van der Waals surface area contributed by atoms with Crippen molar-refractivity contribution in [3.8, 4) is 0 Å². The largest absolute Gasteiger partial charge is 0.396 e. The minimum absolute atomic E-state index is 0.0633. The van der Waals surface area contributed by atoms with Crippen molar-refractivity contribution in [2.45, 2.75) is 31.6 Å². The van der Waals surface area contributed by atoms with E-state index in [1.165, 1.54) is 0 Å². The van der Waals surface area contributed by atoms with E-state index in [9.17, 15) is 9.90 Å². The lowest BCUT2D eigenvalue weighted by molar-refractivity contribution is -0.0146. The zero-order valence-corrected chi connectivity index (χ0v) is 12.0. The van der Waals surface area contributed by atoms with Gasteiger partial charge >= 0.3 is 0 Å². The first-order valence-corrected chi connectivity index (χ1v) is 7.51. The normalized spacial score (nSPS) is 21.0. The molecular weight excluding hydrogens is 270 g/mol. The molecule has 3 rings (SSSR count). The second-order valence-corrected chi connectivity index (χ2v) is 6.06. The van der Waals surface area contributed by atoms with Crippen LogP contribution in [0.1, 0.15) is 47.8 Å². The zero-order chi connectivity index (χ0) is 14.7. The smallest absolute Gasteiger partial charge is 0.254 e. The molecule has 0 radical (unpaired) electrons. The highest BCUT2D eigenvalue weighted by atomic mass is 16.5. The topological polar surface area (TPSA) is 84.3 Å². The standard InChI is InChI=1S/C15H21N3O3/c19-10-15(3-5-21-6-4-15)9-18-14(20)12-7-16-13(17-8-12)11-1-2-11/h7-8,11,19H,1-6,9-10H2,(H,18,20). The van der Waals surface area contributed by atoms with Gasteiger partial charge in [-0.1, -0.05) is 0 Å². The Hall–Kier alpha value is -1.53. The number of nitrogens with zero attached hydrogens (tertiary/aromatic N) is 2. The molecule has 1 amide bonds. The maximum atomic E-state index is 12.1. The number of carbonyl (C=O) groups is 1. The molecule has 2 fully saturated rings. The SMILES string of the molecule is O=C(NCC1(CO)CCOCC1)c1cnc(C2CC2)nc1. The number of hydrogen-bond acceptors (Lipinski definition) is 5. The summed E-state index contributed by atoms with van der Waals surface area (Å²) < 4.78 is 5.32. The molecule has 0 spiro atoms. The van der Waals surface area contributed by atoms with Gasteiger partial charge in [0.25, 0.3) is 5.91 Å². The zero-order valence-electron chi connectivity index (χ0n) is 12.0. The summed E-state index contributed by atoms with van der Waals surface area (Å²) in [7, 11) is 0. The molecule has 21 heavy (non-hydrogen) atoms. The van der Waals surface area contributed by atoms with Crippen LogP contribution in [0.5, 0.6) is 0 Å². The first-order valence-electron chi connectivity index (χ1n) is 7.51. The van der Waals surface area contributed by atoms with E-state index in [1.54, 1.807) is 12.4 Å². The second kappa shape index (κ2) is 6.07. The monoisotopic (exact) mass is 291 g/mol. The molecule has 0 atom stereocenters. The highest BCUT2D eigenvalue weighted by Gasteiger charge is 2.32. The number of nitrogens with one attached hydrogen (secondary N) is 1. The molecule has 2 heterocycles. The fourth-order valence-corrected chi connectivity index (χ4v) is 2.57. The summed E-state index contributed by atoms with van der Waals surface area (Å²) in [6.07, 6.45) is 7.00. The van der Waals surface area contributed by atoms with Crippen LogP contribution in [-0.4, -0.2) is 47.3 Å². The summed E-state index contributed by atoms with van der Waals surface area (Å²) in [5.41, 5.74) is 0.211. The van der Waals surface area contributed by atoms with E-state index in [0.717, 1.165) is 31.5 Å². The Labute approximate surface area is 123 Å². The van der Waals surface area contributed by atoms with Gasteiger partial charge in [-0.05, 0) is 25.7 Å². The average molecular weight is 291 g/mol. The molecule has 114 valence electrons. The van der Waals surface area contributed by atoms with Gasteiger partial charge in [-0.25, -0.2) is 9.97 Å². The van der Waals surface area contributed by atoms with Gasteiger partial charge in [-0.3, -0.25) is 4.79 Å². The third-order valence-electron chi connectivity index (χ3n) is 4.39. The summed E-state index contributed by atoms with van der Waals surface area (Å²) in [6, 6.07) is 0. The summed E-state index contributed by atoms with van der Waals surface area (Å²) >= 11 is 0. The summed E-state index contributed by atoms with van der Waals surface area (Å²) in [4.78, 5) is 20.6. The molecule has 6 nitrogen and oxygen atoms in total. The predicted octanol–water partition coefficient (Wildman–Crippen LogP) is 0.873. The molecule has 1 aromatic heterocycles. The number of hydrogen-bond donors (Lipinski definition) is 2. The van der Waals surface area contributed by atoms with E-state index in [1.807, 2.05) is 0 Å². The van der Waals surface area contributed by atoms with Crippen molar-refractivity contribution < 1.29 is 14.6 Å². The average Bonchev–Trinajstić information content (AvgIpc) is 3.39. The van der Waals surface area contributed by atoms with Gasteiger partial charge in [-0.2, -0.15) is 0 Å². The van der Waals surface area contributed by atoms with Gasteiger partial charge in [0.05, 0.1) is 12.2 Å². The van der Waals surface area contributed by atoms with E-state index in [4.69, 9.17) is 4.74 Å². The van der Waals surface area contributed by atoms with Crippen LogP contribution in [-0.2, 0) is 4.74 Å². The van der Waals surface area contributed by atoms with Crippen LogP contribution in [0.3, 0.4) is 0 Å². The summed E-state index contributed by atoms with van der Waals surface area (Å²) in [5, 5.41) is 12.5. The predicted molar refractivity (Wildman–Crippen MR) is 75.9 cm³/mol. The second-order valence-electron chi connectivity index (χ2n) is 6.06. The van der Waals surface area contributed by atoms with Gasteiger partial charge in [0.15, 0.2) is 0 Å². The molecule has 0 unspecified atom stereocenters. The lowest BCUT2D eigenvalue weighted by Crippen LogP contribution is -2.43. The lowest BCUT2D eigenvalue weighted by atomic mass is 9.81. The van der Waals surface area contributed by atoms with Crippen molar-refractivity contribution >= 4 is 5.91 Å². The first kappa shape index (κ1) is 14.4. The number of rotatable bonds is 5. The molecule has 1 aliphatic carbocycles. The van der Waals surface area contributed by atoms with Crippen LogP contribution >= 0.6 is 0 Å². The Balaban J connectivity index is 1.57. The molecule has 1 saturated heterocycles. The Kier molecular flexibility index (Phi) is 4.17. The lowest BCUT2D eigenvalue weighted by Gasteiger charge is -2.35. The quantitative estimate of drug-likeness (QED) is 0.841. The van der Waals surface area contributed by atoms with Crippen molar-refractivity contribution in [3.63, 3.8) is 0 Å². The Morgan fingerprint density at radius 1 is 1.33 bits per heavy atom. The number of aliphatic hydroxyl groups excluding tert-OH is 1. The Morgan fingerprint density at radius 2 is 2.00 bits per heavy atom. The van der Waals surface area contributed by atoms with Gasteiger partial charge in [0, 0.05) is 43.5 Å². The third-order valence-corrected chi connectivity index (χ3v) is 4.39. The van der Waals surface area contributed by atoms with Gasteiger partial charge in [-0.15, -0.1) is 0 Å². The highest BCUT2D eigenvalue weighted by Crippen LogP contribution is 2.37. The molecule has 0 bridgehead atoms. The fraction of sp³-hybridized carbons (Fsp3) is 0.667. The van der Waals surface area contributed by atoms with E-state index < -0.39 is 0 Å². The number of ether oxygens (including phenoxy) is 1. The molecule has 1 aromatic rings. The van der Waals surface area contributed by atoms with Crippen molar-refractivity contribution in [3.05, 3.63) is 23.8 Å². The van der Waals surface area contributed by atoms with Crippen molar-refractivity contribution in [2.24, 2.45) is 5.41 Å². The molecule has 1 saturated carbocycles. The van der Waals surface area contributed by atoms with Crippen LogP contribution < -0.4 is 5.32 Å². The van der Waals surface area contributed by atoms with Gasteiger partial charge in [0.1, 0.15) is 5.82 Å². The van der Waals surface area contributed by atoms with Crippen LogP contribution in [0.25, 0.3) is 0 Å². The van der Waals surface area contributed by atoms with Crippen LogP contribution in [0.2, 0.25) is 0 Å². The van der Waals surface area contributed by atoms with Crippen LogP contribution in [0.4, 0.5) is 0 Å². The van der Waals surface area contributed by atoms with Gasteiger partial charge in [0.2, 0.25) is 0 Å². The first-order chi connectivity index (χ1) is 10.2. The molecule has 2 N–H and O–H groups in total. The fourth-order valence-electron chi connectivity index (χ4n) is 2.57. The highest BCUT2D eigenvalue weighted by molar-refractivity contribution is 5.93. The molecule has 6 heteroatoms. The van der Waals surface area contributed by atoms with E-state index >= 15 is 0 Å². The minimum atomic E-state index is -0.261. The molecule has 0 aromatic carbocycles. The third kappa shape index (κ3) is 3.39. The van der Waals surface area contributed by atoms with E-state index in [0.29, 0.717) is 31.2 Å². The van der Waals surface area contributed by atoms with Crippen molar-refractivity contribution in [1.82, 2.24) is 15.3 Å². The number of aromatic nitrogens is 2.